The van der Waals surface area contributed by atoms with E-state index in [0.29, 0.717) is 19.0 Å². The average molecular weight is 262 g/mol. The molecule has 0 bridgehead atoms. The highest BCUT2D eigenvalue weighted by molar-refractivity contribution is 7.89. The van der Waals surface area contributed by atoms with Crippen molar-refractivity contribution in [1.82, 2.24) is 9.62 Å². The molecule has 1 fully saturated rings. The van der Waals surface area contributed by atoms with E-state index in [2.05, 4.69) is 5.32 Å². The van der Waals surface area contributed by atoms with Gasteiger partial charge in [0.05, 0.1) is 5.25 Å². The molecule has 0 heterocycles. The number of hydrogen-bond acceptors (Lipinski definition) is 3. The van der Waals surface area contributed by atoms with Gasteiger partial charge in [-0.05, 0) is 32.2 Å². The first-order chi connectivity index (χ1) is 8.02. The van der Waals surface area contributed by atoms with Gasteiger partial charge in [0, 0.05) is 19.6 Å². The van der Waals surface area contributed by atoms with E-state index in [4.69, 9.17) is 0 Å². The monoisotopic (exact) mass is 262 g/mol. The summed E-state index contributed by atoms with van der Waals surface area (Å²) in [6.07, 6.45) is 3.64. The topological polar surface area (TPSA) is 49.4 Å². The Bertz CT molecular complexity index is 312. The van der Waals surface area contributed by atoms with Crippen molar-refractivity contribution in [2.75, 3.05) is 26.2 Å². The lowest BCUT2D eigenvalue weighted by Crippen LogP contribution is -2.44. The van der Waals surface area contributed by atoms with Crippen LogP contribution in [-0.2, 0) is 10.0 Å². The fourth-order valence-electron chi connectivity index (χ4n) is 2.08. The highest BCUT2D eigenvalue weighted by Crippen LogP contribution is 2.28. The Morgan fingerprint density at radius 3 is 2.41 bits per heavy atom. The fourth-order valence-corrected chi connectivity index (χ4v) is 3.70. The summed E-state index contributed by atoms with van der Waals surface area (Å²) in [4.78, 5) is 0. The van der Waals surface area contributed by atoms with Crippen molar-refractivity contribution in [3.8, 4) is 0 Å². The molecule has 0 amide bonds. The van der Waals surface area contributed by atoms with Crippen LogP contribution in [0.1, 0.15) is 40.0 Å². The summed E-state index contributed by atoms with van der Waals surface area (Å²) in [5.41, 5.74) is 0. The van der Waals surface area contributed by atoms with E-state index in [1.54, 1.807) is 11.2 Å². The minimum atomic E-state index is -3.12. The van der Waals surface area contributed by atoms with Gasteiger partial charge in [-0.15, -0.1) is 0 Å². The van der Waals surface area contributed by atoms with E-state index in [1.807, 2.05) is 13.8 Å². The van der Waals surface area contributed by atoms with Crippen LogP contribution in [0.25, 0.3) is 0 Å². The van der Waals surface area contributed by atoms with Crippen molar-refractivity contribution in [3.05, 3.63) is 0 Å². The zero-order valence-corrected chi connectivity index (χ0v) is 12.1. The summed E-state index contributed by atoms with van der Waals surface area (Å²) in [5, 5.41) is 2.78. The maximum atomic E-state index is 12.3. The van der Waals surface area contributed by atoms with Gasteiger partial charge in [0.2, 0.25) is 10.0 Å². The van der Waals surface area contributed by atoms with Crippen LogP contribution >= 0.6 is 0 Å². The molecule has 102 valence electrons. The average Bonchev–Trinajstić information content (AvgIpc) is 2.24. The third-order valence-corrected chi connectivity index (χ3v) is 5.90. The molecule has 17 heavy (non-hydrogen) atoms. The van der Waals surface area contributed by atoms with Crippen LogP contribution in [0.15, 0.2) is 0 Å². The molecule has 1 atom stereocenters. The van der Waals surface area contributed by atoms with Crippen LogP contribution in [0.3, 0.4) is 0 Å². The van der Waals surface area contributed by atoms with Crippen LogP contribution < -0.4 is 5.32 Å². The minimum Gasteiger partial charge on any atom is -0.316 e. The summed E-state index contributed by atoms with van der Waals surface area (Å²) in [6, 6.07) is 0. The van der Waals surface area contributed by atoms with Gasteiger partial charge in [-0.2, -0.15) is 0 Å². The van der Waals surface area contributed by atoms with Crippen molar-refractivity contribution in [3.63, 3.8) is 0 Å². The van der Waals surface area contributed by atoms with Gasteiger partial charge in [-0.25, -0.2) is 12.7 Å². The Balaban J connectivity index is 2.57. The van der Waals surface area contributed by atoms with E-state index in [1.165, 1.54) is 19.3 Å². The normalized spacial score (nSPS) is 19.3. The lowest BCUT2D eigenvalue weighted by Gasteiger charge is -2.32. The van der Waals surface area contributed by atoms with Crippen molar-refractivity contribution in [2.45, 2.75) is 45.3 Å². The summed E-state index contributed by atoms with van der Waals surface area (Å²) in [5.74, 6) is 0.594. The molecular weight excluding hydrogens is 236 g/mol. The van der Waals surface area contributed by atoms with Gasteiger partial charge in [-0.3, -0.25) is 0 Å². The molecule has 1 unspecified atom stereocenters. The zero-order chi connectivity index (χ0) is 12.9. The molecule has 1 saturated carbocycles. The number of nitrogens with one attached hydrogen (secondary N) is 1. The van der Waals surface area contributed by atoms with E-state index in [-0.39, 0.29) is 5.25 Å². The number of hydrogen-bond donors (Lipinski definition) is 1. The third-order valence-electron chi connectivity index (χ3n) is 3.59. The lowest BCUT2D eigenvalue weighted by atomic mass is 9.85. The van der Waals surface area contributed by atoms with Crippen molar-refractivity contribution in [2.24, 2.45) is 5.92 Å². The van der Waals surface area contributed by atoms with Crippen LogP contribution in [0.5, 0.6) is 0 Å². The molecule has 4 nitrogen and oxygen atoms in total. The predicted octanol–water partition coefficient (Wildman–Crippen LogP) is 1.44. The lowest BCUT2D eigenvalue weighted by molar-refractivity contribution is 0.248. The van der Waals surface area contributed by atoms with E-state index in [9.17, 15) is 8.42 Å². The Kier molecular flexibility index (Phi) is 5.89. The second-order valence-electron chi connectivity index (χ2n) is 4.91. The maximum absolute atomic E-state index is 12.3. The highest BCUT2D eigenvalue weighted by atomic mass is 32.2. The molecule has 0 radical (unpaired) electrons. The van der Waals surface area contributed by atoms with Crippen molar-refractivity contribution in [1.29, 1.82) is 0 Å². The maximum Gasteiger partial charge on any atom is 0.217 e. The van der Waals surface area contributed by atoms with Gasteiger partial charge in [0.15, 0.2) is 0 Å². The zero-order valence-electron chi connectivity index (χ0n) is 11.3. The number of nitrogens with zero attached hydrogens (tertiary/aromatic N) is 1. The molecule has 0 aromatic carbocycles. The predicted molar refractivity (Wildman–Crippen MR) is 71.5 cm³/mol. The van der Waals surface area contributed by atoms with E-state index < -0.39 is 10.0 Å². The molecule has 5 heteroatoms. The first-order valence-electron chi connectivity index (χ1n) is 6.72. The van der Waals surface area contributed by atoms with Crippen molar-refractivity contribution < 1.29 is 8.42 Å². The molecule has 1 aliphatic carbocycles. The van der Waals surface area contributed by atoms with Gasteiger partial charge in [0.1, 0.15) is 0 Å². The molecule has 0 aromatic rings. The molecule has 0 aromatic heterocycles. The second-order valence-corrected chi connectivity index (χ2v) is 7.26. The van der Waals surface area contributed by atoms with Crippen molar-refractivity contribution >= 4 is 10.0 Å². The van der Waals surface area contributed by atoms with Gasteiger partial charge >= 0.3 is 0 Å². The Morgan fingerprint density at radius 2 is 2.00 bits per heavy atom. The SMILES string of the molecule is CCNCC(C)S(=O)(=O)N(CC)CC1CCC1. The Morgan fingerprint density at radius 1 is 1.35 bits per heavy atom. The summed E-state index contributed by atoms with van der Waals surface area (Å²) in [7, 11) is -3.12. The molecule has 1 rings (SSSR count). The standard InChI is InChI=1S/C12H26N2O2S/c1-4-13-9-11(3)17(15,16)14(5-2)10-12-7-6-8-12/h11-13H,4-10H2,1-3H3. The first-order valence-corrected chi connectivity index (χ1v) is 8.22. The summed E-state index contributed by atoms with van der Waals surface area (Å²) < 4.78 is 26.3. The molecule has 1 N–H and O–H groups in total. The van der Waals surface area contributed by atoms with E-state index >= 15 is 0 Å². The van der Waals surface area contributed by atoms with Crippen LogP contribution in [0, 0.1) is 5.92 Å². The van der Waals surface area contributed by atoms with Crippen LogP contribution in [-0.4, -0.2) is 44.2 Å². The van der Waals surface area contributed by atoms with Crippen LogP contribution in [0.4, 0.5) is 0 Å². The van der Waals surface area contributed by atoms with Gasteiger partial charge in [-0.1, -0.05) is 20.3 Å². The smallest absolute Gasteiger partial charge is 0.217 e. The molecule has 0 aliphatic heterocycles. The quantitative estimate of drug-likeness (QED) is 0.720. The Hall–Kier alpha value is -0.130. The number of sulfonamides is 1. The highest BCUT2D eigenvalue weighted by Gasteiger charge is 2.30. The van der Waals surface area contributed by atoms with Gasteiger partial charge in [0.25, 0.3) is 0 Å². The largest absolute Gasteiger partial charge is 0.316 e. The Labute approximate surface area is 106 Å². The fraction of sp³-hybridized carbons (Fsp3) is 1.00. The molecular formula is C12H26N2O2S. The minimum absolute atomic E-state index is 0.331. The molecule has 0 spiro atoms. The van der Waals surface area contributed by atoms with Crippen LogP contribution in [0.2, 0.25) is 0 Å². The number of rotatable bonds is 8. The van der Waals surface area contributed by atoms with E-state index in [0.717, 1.165) is 13.1 Å². The first kappa shape index (κ1) is 14.9. The molecule has 0 saturated heterocycles. The molecule has 1 aliphatic rings. The van der Waals surface area contributed by atoms with Gasteiger partial charge < -0.3 is 5.32 Å². The third kappa shape index (κ3) is 3.93. The second kappa shape index (κ2) is 6.71. The summed E-state index contributed by atoms with van der Waals surface area (Å²) >= 11 is 0. The summed E-state index contributed by atoms with van der Waals surface area (Å²) in [6.45, 7) is 8.38.